The van der Waals surface area contributed by atoms with Crippen molar-refractivity contribution >= 4 is 22.9 Å². The summed E-state index contributed by atoms with van der Waals surface area (Å²) in [6.45, 7) is 1.69. The molecule has 4 heterocycles. The molecule has 0 radical (unpaired) electrons. The fourth-order valence-electron chi connectivity index (χ4n) is 3.28. The topological polar surface area (TPSA) is 68.4 Å². The molecule has 7 nitrogen and oxygen atoms in total. The van der Waals surface area contributed by atoms with Crippen LogP contribution in [0.4, 0.5) is 19.0 Å². The van der Waals surface area contributed by atoms with Crippen molar-refractivity contribution in [2.75, 3.05) is 25.1 Å². The summed E-state index contributed by atoms with van der Waals surface area (Å²) < 4.78 is 45.4. The third-order valence-electron chi connectivity index (χ3n) is 4.49. The molecule has 3 aromatic heterocycles. The maximum absolute atomic E-state index is 12.9. The summed E-state index contributed by atoms with van der Waals surface area (Å²) >= 11 is 1.07. The van der Waals surface area contributed by atoms with Crippen LogP contribution < -0.4 is 4.90 Å². The fourth-order valence-corrected chi connectivity index (χ4v) is 4.24. The van der Waals surface area contributed by atoms with E-state index in [4.69, 9.17) is 4.74 Å². The molecule has 0 aromatic carbocycles. The van der Waals surface area contributed by atoms with Gasteiger partial charge in [-0.2, -0.15) is 27.8 Å². The van der Waals surface area contributed by atoms with Gasteiger partial charge < -0.3 is 9.64 Å². The molecule has 0 N–H and O–H groups in total. The molecule has 11 heteroatoms. The van der Waals surface area contributed by atoms with E-state index in [0.717, 1.165) is 47.6 Å². The molecule has 1 aliphatic rings. The summed E-state index contributed by atoms with van der Waals surface area (Å²) in [5.41, 5.74) is -0.0895. The number of rotatable bonds is 4. The van der Waals surface area contributed by atoms with E-state index in [2.05, 4.69) is 25.0 Å². The maximum atomic E-state index is 12.9. The number of hydrogen-bond acceptors (Lipinski definition) is 7. The van der Waals surface area contributed by atoms with Crippen molar-refractivity contribution in [3.8, 4) is 0 Å². The molecule has 1 unspecified atom stereocenters. The molecular weight excluding hydrogens is 381 g/mol. The Morgan fingerprint density at radius 1 is 1.33 bits per heavy atom. The summed E-state index contributed by atoms with van der Waals surface area (Å²) in [5.74, 6) is 1.22. The Labute approximate surface area is 156 Å². The predicted octanol–water partition coefficient (Wildman–Crippen LogP) is 3.13. The number of nitrogens with zero attached hydrogens (tertiary/aromatic N) is 6. The third kappa shape index (κ3) is 3.61. The number of piperidine rings is 1. The Morgan fingerprint density at radius 3 is 2.93 bits per heavy atom. The van der Waals surface area contributed by atoms with Crippen molar-refractivity contribution in [1.82, 2.24) is 24.6 Å². The first-order valence-corrected chi connectivity index (χ1v) is 9.30. The highest BCUT2D eigenvalue weighted by Gasteiger charge is 2.35. The van der Waals surface area contributed by atoms with Gasteiger partial charge in [-0.3, -0.25) is 0 Å². The largest absolute Gasteiger partial charge is 0.434 e. The highest BCUT2D eigenvalue weighted by Crippen LogP contribution is 2.36. The zero-order chi connectivity index (χ0) is 19.0. The molecule has 1 atom stereocenters. The molecule has 27 heavy (non-hydrogen) atoms. The minimum Gasteiger partial charge on any atom is -0.378 e. The summed E-state index contributed by atoms with van der Waals surface area (Å²) in [6, 6.07) is 1.89. The van der Waals surface area contributed by atoms with Crippen LogP contribution in [-0.2, 0) is 17.5 Å². The minimum absolute atomic E-state index is 0.0579. The number of methoxy groups -OCH3 is 1. The van der Waals surface area contributed by atoms with Gasteiger partial charge in [0.15, 0.2) is 5.69 Å². The third-order valence-corrected chi connectivity index (χ3v) is 5.49. The van der Waals surface area contributed by atoms with Crippen LogP contribution in [0.5, 0.6) is 0 Å². The normalized spacial score (nSPS) is 18.4. The zero-order valence-electron chi connectivity index (χ0n) is 14.5. The lowest BCUT2D eigenvalue weighted by molar-refractivity contribution is -0.140. The zero-order valence-corrected chi connectivity index (χ0v) is 15.3. The quantitative estimate of drug-likeness (QED) is 0.673. The number of aromatic nitrogens is 5. The summed E-state index contributed by atoms with van der Waals surface area (Å²) in [7, 11) is 1.59. The number of fused-ring (bicyclic) bond motifs is 1. The number of ether oxygens (including phenoxy) is 1. The Bertz CT molecular complexity index is 940. The maximum Gasteiger partial charge on any atom is 0.434 e. The summed E-state index contributed by atoms with van der Waals surface area (Å²) in [5, 5.41) is 5.84. The van der Waals surface area contributed by atoms with Crippen molar-refractivity contribution < 1.29 is 17.9 Å². The van der Waals surface area contributed by atoms with E-state index < -0.39 is 11.9 Å². The average Bonchev–Trinajstić information content (AvgIpc) is 3.30. The van der Waals surface area contributed by atoms with Crippen molar-refractivity contribution in [3.05, 3.63) is 34.2 Å². The Morgan fingerprint density at radius 2 is 2.19 bits per heavy atom. The highest BCUT2D eigenvalue weighted by atomic mass is 32.1. The van der Waals surface area contributed by atoms with Crippen LogP contribution in [-0.4, -0.2) is 44.8 Å². The van der Waals surface area contributed by atoms with E-state index >= 15 is 0 Å². The number of halogens is 3. The van der Waals surface area contributed by atoms with E-state index in [1.54, 1.807) is 11.6 Å². The summed E-state index contributed by atoms with van der Waals surface area (Å²) in [6.07, 6.45) is -1.32. The number of thiazole rings is 1. The lowest BCUT2D eigenvalue weighted by atomic mass is 9.98. The SMILES string of the molecule is COCc1cc(N2CCCC(c3nc(C(F)(F)F)cs3)C2)n2ncnc2n1. The molecule has 144 valence electrons. The molecule has 0 spiro atoms. The van der Waals surface area contributed by atoms with Gasteiger partial charge in [0.05, 0.1) is 17.3 Å². The number of hydrogen-bond donors (Lipinski definition) is 0. The average molecular weight is 398 g/mol. The first-order valence-electron chi connectivity index (χ1n) is 8.42. The second kappa shape index (κ2) is 7.04. The van der Waals surface area contributed by atoms with Crippen LogP contribution in [0, 0.1) is 0 Å². The Kier molecular flexibility index (Phi) is 4.72. The van der Waals surface area contributed by atoms with Crippen LogP contribution in [0.3, 0.4) is 0 Å². The number of alkyl halides is 3. The van der Waals surface area contributed by atoms with Crippen molar-refractivity contribution in [1.29, 1.82) is 0 Å². The van der Waals surface area contributed by atoms with Crippen molar-refractivity contribution in [3.63, 3.8) is 0 Å². The first kappa shape index (κ1) is 18.1. The van der Waals surface area contributed by atoms with E-state index in [1.165, 1.54) is 6.33 Å². The Balaban J connectivity index is 1.62. The van der Waals surface area contributed by atoms with E-state index in [0.29, 0.717) is 23.9 Å². The van der Waals surface area contributed by atoms with Gasteiger partial charge in [-0.25, -0.2) is 9.97 Å². The number of anilines is 1. The molecule has 1 saturated heterocycles. The van der Waals surface area contributed by atoms with Crippen LogP contribution >= 0.6 is 11.3 Å². The lowest BCUT2D eigenvalue weighted by Crippen LogP contribution is -2.36. The van der Waals surface area contributed by atoms with E-state index in [9.17, 15) is 13.2 Å². The smallest absolute Gasteiger partial charge is 0.378 e. The molecular formula is C16H17F3N6OS. The van der Waals surface area contributed by atoms with Crippen LogP contribution in [0.25, 0.3) is 5.78 Å². The fraction of sp³-hybridized carbons (Fsp3) is 0.500. The molecule has 1 aliphatic heterocycles. The molecule has 4 rings (SSSR count). The molecule has 3 aromatic rings. The lowest BCUT2D eigenvalue weighted by Gasteiger charge is -2.33. The standard InChI is InChI=1S/C16H17F3N6OS/c1-26-7-11-5-13(25-15(22-11)20-9-21-25)24-4-2-3-10(6-24)14-23-12(8-27-14)16(17,18)19/h5,8-10H,2-4,6-7H2,1H3. The Hall–Kier alpha value is -2.27. The van der Waals surface area contributed by atoms with Gasteiger partial charge in [0, 0.05) is 37.6 Å². The monoisotopic (exact) mass is 398 g/mol. The van der Waals surface area contributed by atoms with Crippen LogP contribution in [0.1, 0.15) is 35.2 Å². The first-order chi connectivity index (χ1) is 13.0. The minimum atomic E-state index is -4.41. The molecule has 0 saturated carbocycles. The molecule has 0 aliphatic carbocycles. The molecule has 1 fully saturated rings. The van der Waals surface area contributed by atoms with Crippen molar-refractivity contribution in [2.24, 2.45) is 0 Å². The van der Waals surface area contributed by atoms with Gasteiger partial charge in [0.2, 0.25) is 0 Å². The molecule has 0 bridgehead atoms. The molecule has 0 amide bonds. The summed E-state index contributed by atoms with van der Waals surface area (Å²) in [4.78, 5) is 14.5. The van der Waals surface area contributed by atoms with Gasteiger partial charge in [0.25, 0.3) is 5.78 Å². The predicted molar refractivity (Wildman–Crippen MR) is 92.8 cm³/mol. The van der Waals surface area contributed by atoms with Crippen LogP contribution in [0.2, 0.25) is 0 Å². The van der Waals surface area contributed by atoms with Crippen LogP contribution in [0.15, 0.2) is 17.8 Å². The second-order valence-electron chi connectivity index (χ2n) is 6.36. The van der Waals surface area contributed by atoms with Gasteiger partial charge in [-0.15, -0.1) is 11.3 Å². The highest BCUT2D eigenvalue weighted by molar-refractivity contribution is 7.09. The van der Waals surface area contributed by atoms with E-state index in [1.807, 2.05) is 6.07 Å². The second-order valence-corrected chi connectivity index (χ2v) is 7.25. The van der Waals surface area contributed by atoms with Gasteiger partial charge >= 0.3 is 6.18 Å². The van der Waals surface area contributed by atoms with Gasteiger partial charge in [0.1, 0.15) is 12.1 Å². The van der Waals surface area contributed by atoms with Gasteiger partial charge in [-0.05, 0) is 12.8 Å². The van der Waals surface area contributed by atoms with E-state index in [-0.39, 0.29) is 5.92 Å². The van der Waals surface area contributed by atoms with Gasteiger partial charge in [-0.1, -0.05) is 0 Å². The van der Waals surface area contributed by atoms with Crippen molar-refractivity contribution in [2.45, 2.75) is 31.5 Å².